The van der Waals surface area contributed by atoms with E-state index < -0.39 is 0 Å². The molecule has 1 aromatic heterocycles. The molecule has 0 aliphatic rings. The largest absolute Gasteiger partial charge is 0.495 e. The molecule has 0 radical (unpaired) electrons. The zero-order valence-electron chi connectivity index (χ0n) is 14.4. The van der Waals surface area contributed by atoms with E-state index in [0.717, 1.165) is 16.4 Å². The third kappa shape index (κ3) is 3.46. The van der Waals surface area contributed by atoms with E-state index in [1.807, 2.05) is 30.3 Å². The van der Waals surface area contributed by atoms with Gasteiger partial charge < -0.3 is 14.5 Å². The van der Waals surface area contributed by atoms with Crippen LogP contribution in [0.15, 0.2) is 59.0 Å². The maximum Gasteiger partial charge on any atom is 0.228 e. The van der Waals surface area contributed by atoms with Gasteiger partial charge in [0.1, 0.15) is 16.9 Å². The molecule has 4 rings (SSSR count). The van der Waals surface area contributed by atoms with Gasteiger partial charge in [0.15, 0.2) is 0 Å². The number of para-hydroxylation sites is 1. The summed E-state index contributed by atoms with van der Waals surface area (Å²) >= 11 is 12.1. The predicted molar refractivity (Wildman–Crippen MR) is 109 cm³/mol. The van der Waals surface area contributed by atoms with Gasteiger partial charge in [-0.1, -0.05) is 47.5 Å². The van der Waals surface area contributed by atoms with E-state index in [-0.39, 0.29) is 12.3 Å². The molecule has 27 heavy (non-hydrogen) atoms. The van der Waals surface area contributed by atoms with Gasteiger partial charge in [0, 0.05) is 26.9 Å². The highest BCUT2D eigenvalue weighted by Gasteiger charge is 2.15. The summed E-state index contributed by atoms with van der Waals surface area (Å²) in [4.78, 5) is 12.5. The fourth-order valence-corrected chi connectivity index (χ4v) is 3.53. The van der Waals surface area contributed by atoms with Crippen molar-refractivity contribution in [2.45, 2.75) is 6.42 Å². The molecule has 4 nitrogen and oxygen atoms in total. The van der Waals surface area contributed by atoms with Crippen molar-refractivity contribution in [2.24, 2.45) is 0 Å². The Morgan fingerprint density at radius 3 is 2.63 bits per heavy atom. The molecular formula is C21H15Cl2NO3. The second-order valence-electron chi connectivity index (χ2n) is 6.11. The summed E-state index contributed by atoms with van der Waals surface area (Å²) in [5.41, 5.74) is 2.70. The fraction of sp³-hybridized carbons (Fsp3) is 0.0952. The first-order chi connectivity index (χ1) is 13.0. The standard InChI is InChI=1S/C21H15Cl2NO3/c1-26-20-10-15-14-4-2-3-5-18(14)27-19(15)11-17(20)24-21(25)8-12-6-7-13(22)9-16(12)23/h2-7,9-11H,8H2,1H3,(H,24,25). The van der Waals surface area contributed by atoms with Crippen LogP contribution in [0.4, 0.5) is 5.69 Å². The number of carbonyl (C=O) groups is 1. The molecule has 1 N–H and O–H groups in total. The highest BCUT2D eigenvalue weighted by atomic mass is 35.5. The van der Waals surface area contributed by atoms with Crippen molar-refractivity contribution in [3.05, 3.63) is 70.2 Å². The lowest BCUT2D eigenvalue weighted by Gasteiger charge is -2.11. The number of methoxy groups -OCH3 is 1. The van der Waals surface area contributed by atoms with Crippen LogP contribution in [0, 0.1) is 0 Å². The Morgan fingerprint density at radius 2 is 1.85 bits per heavy atom. The van der Waals surface area contributed by atoms with Crippen LogP contribution in [0.25, 0.3) is 21.9 Å². The first kappa shape index (κ1) is 17.7. The van der Waals surface area contributed by atoms with Crippen LogP contribution < -0.4 is 10.1 Å². The molecule has 0 saturated carbocycles. The normalized spacial score (nSPS) is 11.1. The molecule has 4 aromatic rings. The number of carbonyl (C=O) groups excluding carboxylic acids is 1. The van der Waals surface area contributed by atoms with Crippen molar-refractivity contribution in [1.82, 2.24) is 0 Å². The molecule has 0 bridgehead atoms. The van der Waals surface area contributed by atoms with E-state index in [1.165, 1.54) is 0 Å². The summed E-state index contributed by atoms with van der Waals surface area (Å²) < 4.78 is 11.3. The average molecular weight is 400 g/mol. The number of fused-ring (bicyclic) bond motifs is 3. The number of furan rings is 1. The minimum absolute atomic E-state index is 0.122. The minimum atomic E-state index is -0.215. The summed E-state index contributed by atoms with van der Waals surface area (Å²) in [7, 11) is 1.56. The number of ether oxygens (including phenoxy) is 1. The van der Waals surface area contributed by atoms with Gasteiger partial charge in [0.2, 0.25) is 5.91 Å². The molecule has 0 unspecified atom stereocenters. The summed E-state index contributed by atoms with van der Waals surface area (Å²) in [6, 6.07) is 16.5. The van der Waals surface area contributed by atoms with Gasteiger partial charge in [-0.25, -0.2) is 0 Å². The van der Waals surface area contributed by atoms with Crippen molar-refractivity contribution >= 4 is 56.7 Å². The molecule has 0 aliphatic carbocycles. The van der Waals surface area contributed by atoms with Crippen LogP contribution in [-0.2, 0) is 11.2 Å². The quantitative estimate of drug-likeness (QED) is 0.452. The van der Waals surface area contributed by atoms with Gasteiger partial charge in [-0.3, -0.25) is 4.79 Å². The Bertz CT molecular complexity index is 1170. The maximum absolute atomic E-state index is 12.5. The first-order valence-electron chi connectivity index (χ1n) is 8.28. The van der Waals surface area contributed by atoms with Crippen LogP contribution in [0.3, 0.4) is 0 Å². The van der Waals surface area contributed by atoms with Gasteiger partial charge in [-0.05, 0) is 29.8 Å². The Morgan fingerprint density at radius 1 is 1.04 bits per heavy atom. The molecule has 1 amide bonds. The van der Waals surface area contributed by atoms with Crippen molar-refractivity contribution in [2.75, 3.05) is 12.4 Å². The van der Waals surface area contributed by atoms with Crippen molar-refractivity contribution in [1.29, 1.82) is 0 Å². The molecule has 0 aliphatic heterocycles. The summed E-state index contributed by atoms with van der Waals surface area (Å²) in [5, 5.41) is 5.79. The number of hydrogen-bond acceptors (Lipinski definition) is 3. The molecular weight excluding hydrogens is 385 g/mol. The second kappa shape index (κ2) is 7.14. The van der Waals surface area contributed by atoms with Crippen LogP contribution in [0.1, 0.15) is 5.56 Å². The molecule has 0 atom stereocenters. The zero-order chi connectivity index (χ0) is 19.0. The number of anilines is 1. The van der Waals surface area contributed by atoms with E-state index in [4.69, 9.17) is 32.4 Å². The summed E-state index contributed by atoms with van der Waals surface area (Å²) in [6.45, 7) is 0. The molecule has 1 heterocycles. The molecule has 6 heteroatoms. The third-order valence-electron chi connectivity index (χ3n) is 4.34. The third-order valence-corrected chi connectivity index (χ3v) is 4.93. The smallest absolute Gasteiger partial charge is 0.228 e. The fourth-order valence-electron chi connectivity index (χ4n) is 3.05. The van der Waals surface area contributed by atoms with E-state index >= 15 is 0 Å². The number of hydrogen-bond donors (Lipinski definition) is 1. The van der Waals surface area contributed by atoms with Crippen LogP contribution in [-0.4, -0.2) is 13.0 Å². The van der Waals surface area contributed by atoms with Crippen molar-refractivity contribution < 1.29 is 13.9 Å². The van der Waals surface area contributed by atoms with Crippen LogP contribution >= 0.6 is 23.2 Å². The topological polar surface area (TPSA) is 51.5 Å². The van der Waals surface area contributed by atoms with Gasteiger partial charge in [-0.2, -0.15) is 0 Å². The van der Waals surface area contributed by atoms with E-state index in [9.17, 15) is 4.79 Å². The van der Waals surface area contributed by atoms with Crippen LogP contribution in [0.5, 0.6) is 5.75 Å². The lowest BCUT2D eigenvalue weighted by Crippen LogP contribution is -2.15. The molecule has 3 aromatic carbocycles. The van der Waals surface area contributed by atoms with E-state index in [2.05, 4.69) is 5.32 Å². The monoisotopic (exact) mass is 399 g/mol. The highest BCUT2D eigenvalue weighted by Crippen LogP contribution is 2.36. The molecule has 0 saturated heterocycles. The van der Waals surface area contributed by atoms with Crippen molar-refractivity contribution in [3.63, 3.8) is 0 Å². The Balaban J connectivity index is 1.66. The lowest BCUT2D eigenvalue weighted by atomic mass is 10.1. The van der Waals surface area contributed by atoms with E-state index in [0.29, 0.717) is 32.6 Å². The highest BCUT2D eigenvalue weighted by molar-refractivity contribution is 6.35. The van der Waals surface area contributed by atoms with Gasteiger partial charge in [0.05, 0.1) is 19.2 Å². The molecule has 136 valence electrons. The van der Waals surface area contributed by atoms with Gasteiger partial charge in [-0.15, -0.1) is 0 Å². The number of rotatable bonds is 4. The van der Waals surface area contributed by atoms with Gasteiger partial charge >= 0.3 is 0 Å². The Labute approximate surface area is 165 Å². The second-order valence-corrected chi connectivity index (χ2v) is 6.95. The zero-order valence-corrected chi connectivity index (χ0v) is 15.9. The van der Waals surface area contributed by atoms with Gasteiger partial charge in [0.25, 0.3) is 0 Å². The van der Waals surface area contributed by atoms with Crippen molar-refractivity contribution in [3.8, 4) is 5.75 Å². The lowest BCUT2D eigenvalue weighted by molar-refractivity contribution is -0.115. The van der Waals surface area contributed by atoms with E-state index in [1.54, 1.807) is 31.4 Å². The SMILES string of the molecule is COc1cc2c(cc1NC(=O)Cc1ccc(Cl)cc1Cl)oc1ccccc12. The summed E-state index contributed by atoms with van der Waals surface area (Å²) in [5.74, 6) is 0.345. The summed E-state index contributed by atoms with van der Waals surface area (Å²) in [6.07, 6.45) is 0.122. The molecule has 0 fully saturated rings. The Kier molecular flexibility index (Phi) is 4.68. The number of halogens is 2. The predicted octanol–water partition coefficient (Wildman–Crippen LogP) is 6.08. The average Bonchev–Trinajstić information content (AvgIpc) is 3.00. The number of nitrogens with one attached hydrogen (secondary N) is 1. The Hall–Kier alpha value is -2.69. The number of amides is 1. The van der Waals surface area contributed by atoms with Crippen LogP contribution in [0.2, 0.25) is 10.0 Å². The maximum atomic E-state index is 12.5. The first-order valence-corrected chi connectivity index (χ1v) is 9.04. The molecule has 0 spiro atoms. The minimum Gasteiger partial charge on any atom is -0.495 e. The number of benzene rings is 3.